The maximum atomic E-state index is 6.17. The summed E-state index contributed by atoms with van der Waals surface area (Å²) in [5.41, 5.74) is 0. The second-order valence-corrected chi connectivity index (χ2v) is 9.61. The molecule has 0 saturated carbocycles. The van der Waals surface area contributed by atoms with E-state index in [2.05, 4.69) is 6.92 Å². The number of hydrogen-bond donors (Lipinski definition) is 0. The molecule has 0 aromatic heterocycles. The molecular formula is C23H42O6. The highest BCUT2D eigenvalue weighted by molar-refractivity contribution is 5.00. The zero-order chi connectivity index (χ0) is 20.9. The average molecular weight is 415 g/mol. The van der Waals surface area contributed by atoms with Crippen molar-refractivity contribution in [1.82, 2.24) is 0 Å². The molecule has 29 heavy (non-hydrogen) atoms. The molecule has 3 aliphatic rings. The van der Waals surface area contributed by atoms with Crippen LogP contribution in [0.2, 0.25) is 0 Å². The molecule has 0 spiro atoms. The molecule has 0 bridgehead atoms. The molecule has 3 saturated heterocycles. The van der Waals surface area contributed by atoms with Crippen LogP contribution in [-0.2, 0) is 28.4 Å². The Morgan fingerprint density at radius 2 is 1.21 bits per heavy atom. The summed E-state index contributed by atoms with van der Waals surface area (Å²) >= 11 is 0. The summed E-state index contributed by atoms with van der Waals surface area (Å²) in [4.78, 5) is 0. The van der Waals surface area contributed by atoms with Gasteiger partial charge in [-0.2, -0.15) is 0 Å². The monoisotopic (exact) mass is 414 g/mol. The van der Waals surface area contributed by atoms with Gasteiger partial charge in [-0.25, -0.2) is 0 Å². The van der Waals surface area contributed by atoms with Crippen LogP contribution < -0.4 is 0 Å². The van der Waals surface area contributed by atoms with Gasteiger partial charge in [-0.05, 0) is 34.1 Å². The largest absolute Gasteiger partial charge is 0.379 e. The van der Waals surface area contributed by atoms with Gasteiger partial charge in [-0.3, -0.25) is 0 Å². The van der Waals surface area contributed by atoms with Crippen molar-refractivity contribution in [3.05, 3.63) is 0 Å². The topological polar surface area (TPSA) is 55.4 Å². The zero-order valence-corrected chi connectivity index (χ0v) is 19.1. The van der Waals surface area contributed by atoms with Crippen molar-refractivity contribution in [3.63, 3.8) is 0 Å². The first kappa shape index (κ1) is 23.4. The van der Waals surface area contributed by atoms with E-state index in [1.807, 2.05) is 27.7 Å². The Kier molecular flexibility index (Phi) is 8.38. The van der Waals surface area contributed by atoms with E-state index in [0.29, 0.717) is 6.61 Å². The third-order valence-electron chi connectivity index (χ3n) is 5.93. The Labute approximate surface area is 176 Å². The van der Waals surface area contributed by atoms with Crippen LogP contribution in [-0.4, -0.2) is 55.5 Å². The summed E-state index contributed by atoms with van der Waals surface area (Å²) in [5, 5.41) is 0. The van der Waals surface area contributed by atoms with Crippen LogP contribution in [0.25, 0.3) is 0 Å². The molecule has 3 rings (SSSR count). The smallest absolute Gasteiger partial charge is 0.190 e. The Bertz CT molecular complexity index is 494. The van der Waals surface area contributed by atoms with E-state index in [0.717, 1.165) is 13.0 Å². The average Bonchev–Trinajstić information content (AvgIpc) is 3.13. The molecule has 6 heteroatoms. The Morgan fingerprint density at radius 1 is 0.655 bits per heavy atom. The number of unbranched alkanes of at least 4 members (excludes halogenated alkanes) is 8. The Hall–Kier alpha value is -0.240. The summed E-state index contributed by atoms with van der Waals surface area (Å²) in [5.74, 6) is -1.33. The summed E-state index contributed by atoms with van der Waals surface area (Å²) in [6.07, 6.45) is 10.5. The number of ether oxygens (including phenoxy) is 6. The number of rotatable bonds is 12. The summed E-state index contributed by atoms with van der Waals surface area (Å²) in [7, 11) is 0. The summed E-state index contributed by atoms with van der Waals surface area (Å²) < 4.78 is 36.3. The molecule has 3 aliphatic heterocycles. The van der Waals surface area contributed by atoms with Gasteiger partial charge in [-0.1, -0.05) is 58.3 Å². The van der Waals surface area contributed by atoms with E-state index >= 15 is 0 Å². The van der Waals surface area contributed by atoms with Crippen LogP contribution >= 0.6 is 0 Å². The van der Waals surface area contributed by atoms with Gasteiger partial charge in [0.15, 0.2) is 17.9 Å². The van der Waals surface area contributed by atoms with Gasteiger partial charge in [0.05, 0.1) is 6.61 Å². The van der Waals surface area contributed by atoms with Gasteiger partial charge in [0.1, 0.15) is 24.4 Å². The normalized spacial score (nSPS) is 34.9. The van der Waals surface area contributed by atoms with E-state index in [4.69, 9.17) is 28.4 Å². The zero-order valence-electron chi connectivity index (χ0n) is 19.1. The molecule has 6 nitrogen and oxygen atoms in total. The summed E-state index contributed by atoms with van der Waals surface area (Å²) in [6.45, 7) is 11.2. The van der Waals surface area contributed by atoms with E-state index in [1.54, 1.807) is 0 Å². The highest BCUT2D eigenvalue weighted by Crippen LogP contribution is 2.44. The fourth-order valence-electron chi connectivity index (χ4n) is 4.54. The van der Waals surface area contributed by atoms with Crippen LogP contribution in [0.1, 0.15) is 92.4 Å². The minimum Gasteiger partial charge on any atom is -0.379 e. The van der Waals surface area contributed by atoms with Gasteiger partial charge in [0.2, 0.25) is 0 Å². The Balaban J connectivity index is 1.35. The first-order valence-corrected chi connectivity index (χ1v) is 11.8. The standard InChI is InChI=1S/C23H42O6/c1-6-7-8-9-10-11-12-13-14-15-24-16-17-18-19(27-22(2,3)26-18)20-21(25-17)29-23(4,5)28-20/h17-21H,6-16H2,1-5H3/t17?,18-,19-,20+,21+/m0/s1. The van der Waals surface area contributed by atoms with E-state index in [-0.39, 0.29) is 24.4 Å². The molecular weight excluding hydrogens is 372 g/mol. The lowest BCUT2D eigenvalue weighted by atomic mass is 9.99. The maximum absolute atomic E-state index is 6.17. The third-order valence-corrected chi connectivity index (χ3v) is 5.93. The molecule has 170 valence electrons. The van der Waals surface area contributed by atoms with Gasteiger partial charge in [0, 0.05) is 6.61 Å². The Morgan fingerprint density at radius 3 is 1.90 bits per heavy atom. The fraction of sp³-hybridized carbons (Fsp3) is 1.00. The van der Waals surface area contributed by atoms with E-state index in [9.17, 15) is 0 Å². The van der Waals surface area contributed by atoms with Gasteiger partial charge >= 0.3 is 0 Å². The van der Waals surface area contributed by atoms with Crippen LogP contribution in [0.3, 0.4) is 0 Å². The SMILES string of the molecule is CCCCCCCCCCCOCC1O[C@@H]2OC(C)(C)O[C@@H]2[C@H]2OC(C)(C)O[C@@H]12. The van der Waals surface area contributed by atoms with Crippen molar-refractivity contribution < 1.29 is 28.4 Å². The lowest BCUT2D eigenvalue weighted by molar-refractivity contribution is -0.243. The van der Waals surface area contributed by atoms with Crippen molar-refractivity contribution >= 4 is 0 Å². The second-order valence-electron chi connectivity index (χ2n) is 9.61. The second kappa shape index (κ2) is 10.4. The molecule has 0 N–H and O–H groups in total. The van der Waals surface area contributed by atoms with Crippen molar-refractivity contribution in [1.29, 1.82) is 0 Å². The molecule has 0 aromatic carbocycles. The highest BCUT2D eigenvalue weighted by atomic mass is 16.9. The van der Waals surface area contributed by atoms with Crippen molar-refractivity contribution in [2.45, 2.75) is 135 Å². The molecule has 0 radical (unpaired) electrons. The maximum Gasteiger partial charge on any atom is 0.190 e. The van der Waals surface area contributed by atoms with Crippen LogP contribution in [0, 0.1) is 0 Å². The van der Waals surface area contributed by atoms with Crippen molar-refractivity contribution in [2.24, 2.45) is 0 Å². The van der Waals surface area contributed by atoms with Crippen LogP contribution in [0.5, 0.6) is 0 Å². The van der Waals surface area contributed by atoms with E-state index in [1.165, 1.54) is 51.4 Å². The van der Waals surface area contributed by atoms with Crippen LogP contribution in [0.4, 0.5) is 0 Å². The van der Waals surface area contributed by atoms with Crippen molar-refractivity contribution in [2.75, 3.05) is 13.2 Å². The van der Waals surface area contributed by atoms with Crippen LogP contribution in [0.15, 0.2) is 0 Å². The molecule has 5 atom stereocenters. The first-order valence-electron chi connectivity index (χ1n) is 11.8. The minimum atomic E-state index is -0.678. The highest BCUT2D eigenvalue weighted by Gasteiger charge is 2.60. The molecule has 3 fully saturated rings. The molecule has 1 unspecified atom stereocenters. The van der Waals surface area contributed by atoms with Gasteiger partial charge in [0.25, 0.3) is 0 Å². The quantitative estimate of drug-likeness (QED) is 0.422. The minimum absolute atomic E-state index is 0.202. The first-order chi connectivity index (χ1) is 13.8. The van der Waals surface area contributed by atoms with Crippen molar-refractivity contribution in [3.8, 4) is 0 Å². The fourth-order valence-corrected chi connectivity index (χ4v) is 4.54. The molecule has 0 amide bonds. The summed E-state index contributed by atoms with van der Waals surface area (Å²) in [6, 6.07) is 0. The number of fused-ring (bicyclic) bond motifs is 3. The van der Waals surface area contributed by atoms with Gasteiger partial charge in [-0.15, -0.1) is 0 Å². The third kappa shape index (κ3) is 6.62. The lowest BCUT2D eigenvalue weighted by Gasteiger charge is -2.37. The van der Waals surface area contributed by atoms with Gasteiger partial charge < -0.3 is 28.4 Å². The molecule has 0 aliphatic carbocycles. The molecule has 3 heterocycles. The predicted molar refractivity (Wildman–Crippen MR) is 111 cm³/mol. The number of hydrogen-bond acceptors (Lipinski definition) is 6. The van der Waals surface area contributed by atoms with E-state index < -0.39 is 17.9 Å². The predicted octanol–water partition coefficient (Wildman–Crippen LogP) is 4.93. The molecule has 0 aromatic rings. The lowest BCUT2D eigenvalue weighted by Crippen LogP contribution is -2.56.